The van der Waals surface area contributed by atoms with Crippen molar-refractivity contribution in [1.29, 1.82) is 0 Å². The van der Waals surface area contributed by atoms with Crippen molar-refractivity contribution < 1.29 is 14.6 Å². The average molecular weight is 421 g/mol. The Morgan fingerprint density at radius 3 is 2.35 bits per heavy atom. The van der Waals surface area contributed by atoms with E-state index in [0.717, 1.165) is 10.0 Å². The molecule has 2 aromatic rings. The lowest BCUT2D eigenvalue weighted by Crippen LogP contribution is -2.03. The zero-order valence-corrected chi connectivity index (χ0v) is 15.7. The van der Waals surface area contributed by atoms with Crippen molar-refractivity contribution in [2.45, 2.75) is 13.5 Å². The summed E-state index contributed by atoms with van der Waals surface area (Å²) in [7, 11) is 1.60. The van der Waals surface area contributed by atoms with Crippen LogP contribution in [0.25, 0.3) is 0 Å². The van der Waals surface area contributed by atoms with E-state index in [1.54, 1.807) is 19.2 Å². The molecule has 0 aliphatic heterocycles. The highest BCUT2D eigenvalue weighted by atomic mass is 79.9. The predicted molar refractivity (Wildman–Crippen MR) is 97.3 cm³/mol. The Kier molecular flexibility index (Phi) is 6.27. The minimum absolute atomic E-state index is 0.122. The van der Waals surface area contributed by atoms with Gasteiger partial charge in [0.25, 0.3) is 0 Å². The third kappa shape index (κ3) is 4.37. The number of phenolic OH excluding ortho intramolecular Hbond substituents is 1. The van der Waals surface area contributed by atoms with E-state index in [9.17, 15) is 5.11 Å². The van der Waals surface area contributed by atoms with Crippen molar-refractivity contribution >= 4 is 44.8 Å². The molecule has 4 nitrogen and oxygen atoms in total. The highest BCUT2D eigenvalue weighted by Crippen LogP contribution is 2.36. The molecule has 0 aromatic heterocycles. The molecule has 0 heterocycles. The molecule has 0 atom stereocenters. The summed E-state index contributed by atoms with van der Waals surface area (Å²) in [4.78, 5) is 0. The number of halogens is 3. The second-order valence-electron chi connectivity index (χ2n) is 4.67. The van der Waals surface area contributed by atoms with Gasteiger partial charge in [-0.3, -0.25) is 0 Å². The van der Waals surface area contributed by atoms with Gasteiger partial charge in [0.15, 0.2) is 17.2 Å². The Morgan fingerprint density at radius 1 is 1.13 bits per heavy atom. The van der Waals surface area contributed by atoms with Crippen LogP contribution in [0.3, 0.4) is 0 Å². The quantitative estimate of drug-likeness (QED) is 0.607. The van der Waals surface area contributed by atoms with Crippen LogP contribution in [-0.2, 0) is 6.54 Å². The molecule has 0 aliphatic carbocycles. The van der Waals surface area contributed by atoms with E-state index in [1.165, 1.54) is 0 Å². The number of phenols is 1. The van der Waals surface area contributed by atoms with Gasteiger partial charge in [0.1, 0.15) is 0 Å². The molecule has 124 valence electrons. The molecule has 0 fully saturated rings. The number of methoxy groups -OCH3 is 1. The van der Waals surface area contributed by atoms with Gasteiger partial charge >= 0.3 is 0 Å². The molecule has 0 saturated carbocycles. The molecule has 0 aliphatic rings. The first-order valence-electron chi connectivity index (χ1n) is 6.87. The molecule has 0 spiro atoms. The van der Waals surface area contributed by atoms with Crippen molar-refractivity contribution in [2.24, 2.45) is 0 Å². The summed E-state index contributed by atoms with van der Waals surface area (Å²) in [6.07, 6.45) is 0. The van der Waals surface area contributed by atoms with Crippen LogP contribution < -0.4 is 14.8 Å². The first-order chi connectivity index (χ1) is 11.0. The van der Waals surface area contributed by atoms with Gasteiger partial charge in [0.05, 0.1) is 23.8 Å². The van der Waals surface area contributed by atoms with Crippen LogP contribution >= 0.6 is 39.1 Å². The van der Waals surface area contributed by atoms with Crippen LogP contribution in [0.2, 0.25) is 10.0 Å². The van der Waals surface area contributed by atoms with Gasteiger partial charge in [-0.1, -0.05) is 39.1 Å². The lowest BCUT2D eigenvalue weighted by Gasteiger charge is -2.14. The number of anilines is 1. The summed E-state index contributed by atoms with van der Waals surface area (Å²) in [6, 6.07) is 7.00. The maximum absolute atomic E-state index is 9.58. The normalized spacial score (nSPS) is 10.5. The number of rotatable bonds is 6. The maximum Gasteiger partial charge on any atom is 0.161 e. The standard InChI is InChI=1S/C16H16BrCl2NO3/c1-3-23-15-4-9(11(17)7-14(15)22-2)8-20-10-5-12(18)16(21)13(19)6-10/h4-7,20-21H,3,8H2,1-2H3. The van der Waals surface area contributed by atoms with Crippen molar-refractivity contribution in [3.8, 4) is 17.2 Å². The van der Waals surface area contributed by atoms with E-state index in [-0.39, 0.29) is 15.8 Å². The fourth-order valence-corrected chi connectivity index (χ4v) is 2.96. The van der Waals surface area contributed by atoms with Gasteiger partial charge in [-0.25, -0.2) is 0 Å². The molecule has 2 rings (SSSR count). The van der Waals surface area contributed by atoms with E-state index in [2.05, 4.69) is 21.2 Å². The SMILES string of the molecule is CCOc1cc(CNc2cc(Cl)c(O)c(Cl)c2)c(Br)cc1OC. The van der Waals surface area contributed by atoms with Crippen LogP contribution in [0, 0.1) is 0 Å². The highest BCUT2D eigenvalue weighted by molar-refractivity contribution is 9.10. The number of ether oxygens (including phenoxy) is 2. The van der Waals surface area contributed by atoms with Crippen molar-refractivity contribution in [3.05, 3.63) is 44.3 Å². The predicted octanol–water partition coefficient (Wildman–Crippen LogP) is 5.48. The lowest BCUT2D eigenvalue weighted by molar-refractivity contribution is 0.310. The van der Waals surface area contributed by atoms with Gasteiger partial charge < -0.3 is 19.9 Å². The number of hydrogen-bond donors (Lipinski definition) is 2. The number of nitrogens with one attached hydrogen (secondary N) is 1. The summed E-state index contributed by atoms with van der Waals surface area (Å²) in [5.41, 5.74) is 1.69. The van der Waals surface area contributed by atoms with Crippen LogP contribution in [0.4, 0.5) is 5.69 Å². The van der Waals surface area contributed by atoms with Crippen molar-refractivity contribution in [2.75, 3.05) is 19.0 Å². The highest BCUT2D eigenvalue weighted by Gasteiger charge is 2.11. The monoisotopic (exact) mass is 419 g/mol. The van der Waals surface area contributed by atoms with Crippen LogP contribution in [0.15, 0.2) is 28.7 Å². The third-order valence-electron chi connectivity index (χ3n) is 3.13. The Bertz CT molecular complexity index is 687. The molecule has 0 amide bonds. The molecule has 2 aromatic carbocycles. The molecular weight excluding hydrogens is 405 g/mol. The van der Waals surface area contributed by atoms with E-state index in [1.807, 2.05) is 19.1 Å². The molecular formula is C16H16BrCl2NO3. The Morgan fingerprint density at radius 2 is 1.78 bits per heavy atom. The van der Waals surface area contributed by atoms with Gasteiger partial charge in [-0.05, 0) is 36.8 Å². The minimum Gasteiger partial charge on any atom is -0.505 e. The first-order valence-corrected chi connectivity index (χ1v) is 8.42. The summed E-state index contributed by atoms with van der Waals surface area (Å²) < 4.78 is 11.8. The fourth-order valence-electron chi connectivity index (χ4n) is 2.01. The largest absolute Gasteiger partial charge is 0.505 e. The maximum atomic E-state index is 9.58. The second-order valence-corrected chi connectivity index (χ2v) is 6.34. The van der Waals surface area contributed by atoms with Gasteiger partial charge in [0.2, 0.25) is 0 Å². The van der Waals surface area contributed by atoms with E-state index in [0.29, 0.717) is 30.3 Å². The Balaban J connectivity index is 2.21. The minimum atomic E-state index is -0.122. The van der Waals surface area contributed by atoms with Gasteiger partial charge in [0, 0.05) is 16.7 Å². The Hall–Kier alpha value is -1.30. The number of benzene rings is 2. The van der Waals surface area contributed by atoms with E-state index >= 15 is 0 Å². The topological polar surface area (TPSA) is 50.7 Å². The molecule has 0 radical (unpaired) electrons. The number of aromatic hydroxyl groups is 1. The van der Waals surface area contributed by atoms with Crippen LogP contribution in [-0.4, -0.2) is 18.8 Å². The molecule has 2 N–H and O–H groups in total. The molecule has 7 heteroatoms. The zero-order chi connectivity index (χ0) is 17.0. The second kappa shape index (κ2) is 7.99. The first kappa shape index (κ1) is 18.0. The van der Waals surface area contributed by atoms with E-state index in [4.69, 9.17) is 32.7 Å². The zero-order valence-electron chi connectivity index (χ0n) is 12.6. The Labute approximate surface area is 153 Å². The van der Waals surface area contributed by atoms with E-state index < -0.39 is 0 Å². The van der Waals surface area contributed by atoms with Crippen molar-refractivity contribution in [3.63, 3.8) is 0 Å². The smallest absolute Gasteiger partial charge is 0.161 e. The van der Waals surface area contributed by atoms with Gasteiger partial charge in [-0.15, -0.1) is 0 Å². The van der Waals surface area contributed by atoms with Crippen LogP contribution in [0.5, 0.6) is 17.2 Å². The molecule has 0 saturated heterocycles. The van der Waals surface area contributed by atoms with Gasteiger partial charge in [-0.2, -0.15) is 0 Å². The number of hydrogen-bond acceptors (Lipinski definition) is 4. The summed E-state index contributed by atoms with van der Waals surface area (Å²) >= 11 is 15.4. The van der Waals surface area contributed by atoms with Crippen molar-refractivity contribution in [1.82, 2.24) is 0 Å². The lowest BCUT2D eigenvalue weighted by atomic mass is 10.2. The third-order valence-corrected chi connectivity index (χ3v) is 4.45. The molecule has 23 heavy (non-hydrogen) atoms. The van der Waals surface area contributed by atoms with Crippen LogP contribution in [0.1, 0.15) is 12.5 Å². The summed E-state index contributed by atoms with van der Waals surface area (Å²) in [6.45, 7) is 2.98. The summed E-state index contributed by atoms with van der Waals surface area (Å²) in [5, 5.41) is 13.2. The fraction of sp³-hybridized carbons (Fsp3) is 0.250. The molecule has 0 bridgehead atoms. The molecule has 0 unspecified atom stereocenters. The average Bonchev–Trinajstić information content (AvgIpc) is 2.52. The summed E-state index contributed by atoms with van der Waals surface area (Å²) in [5.74, 6) is 1.22.